The van der Waals surface area contributed by atoms with E-state index < -0.39 is 5.97 Å². The summed E-state index contributed by atoms with van der Waals surface area (Å²) in [6, 6.07) is 12.4. The average Bonchev–Trinajstić information content (AvgIpc) is 3.01. The van der Waals surface area contributed by atoms with Crippen LogP contribution in [0.5, 0.6) is 0 Å². The molecule has 27 heavy (non-hydrogen) atoms. The highest BCUT2D eigenvalue weighted by molar-refractivity contribution is 14.1. The fourth-order valence-electron chi connectivity index (χ4n) is 3.13. The SMILES string of the molecule is CCOC(=O)c1ncn2c1CN=C(c1ccccc1F)c1cc(I)ccc1-2. The number of halogens is 2. The first-order chi connectivity index (χ1) is 13.1. The minimum atomic E-state index is -0.483. The Balaban J connectivity index is 1.94. The molecule has 0 N–H and O–H groups in total. The van der Waals surface area contributed by atoms with Crippen LogP contribution in [0.2, 0.25) is 0 Å². The van der Waals surface area contributed by atoms with Crippen LogP contribution in [0.1, 0.15) is 34.2 Å². The van der Waals surface area contributed by atoms with Crippen LogP contribution in [0.15, 0.2) is 53.8 Å². The van der Waals surface area contributed by atoms with E-state index in [0.717, 1.165) is 14.8 Å². The van der Waals surface area contributed by atoms with Crippen LogP contribution >= 0.6 is 22.6 Å². The molecule has 3 aromatic rings. The number of hydrogen-bond donors (Lipinski definition) is 0. The minimum absolute atomic E-state index is 0.197. The Hall–Kier alpha value is -2.55. The van der Waals surface area contributed by atoms with Crippen molar-refractivity contribution >= 4 is 34.3 Å². The molecule has 7 heteroatoms. The van der Waals surface area contributed by atoms with Crippen molar-refractivity contribution in [3.63, 3.8) is 0 Å². The van der Waals surface area contributed by atoms with Gasteiger partial charge < -0.3 is 4.74 Å². The van der Waals surface area contributed by atoms with Gasteiger partial charge in [0.15, 0.2) is 5.69 Å². The van der Waals surface area contributed by atoms with E-state index in [1.807, 2.05) is 22.8 Å². The summed E-state index contributed by atoms with van der Waals surface area (Å²) in [5, 5.41) is 0. The van der Waals surface area contributed by atoms with Crippen molar-refractivity contribution in [1.82, 2.24) is 9.55 Å². The van der Waals surface area contributed by atoms with Crippen molar-refractivity contribution in [2.45, 2.75) is 13.5 Å². The molecular formula is C20H15FIN3O2. The van der Waals surface area contributed by atoms with Crippen molar-refractivity contribution in [1.29, 1.82) is 0 Å². The van der Waals surface area contributed by atoms with Gasteiger partial charge in [-0.25, -0.2) is 14.2 Å². The number of hydrogen-bond acceptors (Lipinski definition) is 4. The van der Waals surface area contributed by atoms with E-state index in [2.05, 4.69) is 32.6 Å². The quantitative estimate of drug-likeness (QED) is 0.423. The summed E-state index contributed by atoms with van der Waals surface area (Å²) in [5.74, 6) is -0.820. The van der Waals surface area contributed by atoms with Crippen LogP contribution in [0, 0.1) is 9.39 Å². The Morgan fingerprint density at radius 1 is 1.26 bits per heavy atom. The topological polar surface area (TPSA) is 56.5 Å². The zero-order valence-electron chi connectivity index (χ0n) is 14.4. The minimum Gasteiger partial charge on any atom is -0.461 e. The molecule has 136 valence electrons. The summed E-state index contributed by atoms with van der Waals surface area (Å²) in [5.41, 5.74) is 3.44. The molecule has 0 amide bonds. The highest BCUT2D eigenvalue weighted by atomic mass is 127. The first-order valence-electron chi connectivity index (χ1n) is 8.43. The lowest BCUT2D eigenvalue weighted by molar-refractivity contribution is 0.0518. The van der Waals surface area contributed by atoms with E-state index in [1.165, 1.54) is 6.07 Å². The molecule has 1 aromatic heterocycles. The molecule has 5 nitrogen and oxygen atoms in total. The Morgan fingerprint density at radius 3 is 2.85 bits per heavy atom. The van der Waals surface area contributed by atoms with Gasteiger partial charge in [0.2, 0.25) is 0 Å². The Bertz CT molecular complexity index is 1070. The van der Waals surface area contributed by atoms with Crippen molar-refractivity contribution in [2.24, 2.45) is 4.99 Å². The number of carbonyl (C=O) groups excluding carboxylic acids is 1. The van der Waals surface area contributed by atoms with Gasteiger partial charge in [0.1, 0.15) is 12.1 Å². The number of esters is 1. The van der Waals surface area contributed by atoms with Crippen LogP contribution in [-0.4, -0.2) is 27.8 Å². The van der Waals surface area contributed by atoms with Crippen LogP contribution < -0.4 is 0 Å². The molecule has 0 bridgehead atoms. The van der Waals surface area contributed by atoms with Crippen LogP contribution in [0.25, 0.3) is 5.69 Å². The molecule has 0 unspecified atom stereocenters. The van der Waals surface area contributed by atoms with E-state index in [1.54, 1.807) is 31.5 Å². The number of aliphatic imine (C=N–C) groups is 1. The first-order valence-corrected chi connectivity index (χ1v) is 9.51. The van der Waals surface area contributed by atoms with Gasteiger partial charge in [-0.3, -0.25) is 9.56 Å². The summed E-state index contributed by atoms with van der Waals surface area (Å²) in [6.45, 7) is 2.21. The molecule has 0 fully saturated rings. The summed E-state index contributed by atoms with van der Waals surface area (Å²) in [4.78, 5) is 21.2. The van der Waals surface area contributed by atoms with Gasteiger partial charge in [0.25, 0.3) is 0 Å². The fraction of sp³-hybridized carbons (Fsp3) is 0.150. The Morgan fingerprint density at radius 2 is 2.07 bits per heavy atom. The predicted molar refractivity (Wildman–Crippen MR) is 108 cm³/mol. The van der Waals surface area contributed by atoms with Gasteiger partial charge in [-0.05, 0) is 59.8 Å². The zero-order valence-corrected chi connectivity index (χ0v) is 16.6. The van der Waals surface area contributed by atoms with E-state index >= 15 is 0 Å². The van der Waals surface area contributed by atoms with Crippen molar-refractivity contribution in [2.75, 3.05) is 6.61 Å². The number of imidazole rings is 1. The summed E-state index contributed by atoms with van der Waals surface area (Å²) < 4.78 is 22.4. The van der Waals surface area contributed by atoms with E-state index in [4.69, 9.17) is 4.74 Å². The molecule has 0 radical (unpaired) electrons. The zero-order chi connectivity index (χ0) is 19.0. The molecule has 0 aliphatic carbocycles. The smallest absolute Gasteiger partial charge is 0.358 e. The van der Waals surface area contributed by atoms with E-state index in [9.17, 15) is 9.18 Å². The van der Waals surface area contributed by atoms with Crippen LogP contribution in [0.4, 0.5) is 4.39 Å². The fourth-order valence-corrected chi connectivity index (χ4v) is 3.62. The third-order valence-corrected chi connectivity index (χ3v) is 5.00. The third kappa shape index (κ3) is 3.16. The molecular weight excluding hydrogens is 460 g/mol. The maximum Gasteiger partial charge on any atom is 0.358 e. The highest BCUT2D eigenvalue weighted by Gasteiger charge is 2.26. The summed E-state index contributed by atoms with van der Waals surface area (Å²) >= 11 is 2.22. The maximum absolute atomic E-state index is 14.5. The molecule has 1 aliphatic heterocycles. The van der Waals surface area contributed by atoms with Crippen LogP contribution in [-0.2, 0) is 11.3 Å². The molecule has 0 saturated heterocycles. The van der Waals surface area contributed by atoms with Gasteiger partial charge in [0, 0.05) is 14.7 Å². The normalized spacial score (nSPS) is 12.6. The van der Waals surface area contributed by atoms with Crippen LogP contribution in [0.3, 0.4) is 0 Å². The number of benzene rings is 2. The second-order valence-corrected chi connectivity index (χ2v) is 7.18. The van der Waals surface area contributed by atoms with E-state index in [-0.39, 0.29) is 24.7 Å². The number of carbonyl (C=O) groups is 1. The monoisotopic (exact) mass is 475 g/mol. The molecule has 0 spiro atoms. The number of aromatic nitrogens is 2. The lowest BCUT2D eigenvalue weighted by Crippen LogP contribution is -2.09. The number of rotatable bonds is 3. The number of ether oxygens (including phenoxy) is 1. The van der Waals surface area contributed by atoms with Gasteiger partial charge in [-0.1, -0.05) is 12.1 Å². The largest absolute Gasteiger partial charge is 0.461 e. The Kier molecular flexibility index (Phi) is 4.77. The van der Waals surface area contributed by atoms with Crippen molar-refractivity contribution in [3.8, 4) is 5.69 Å². The molecule has 2 aromatic carbocycles. The number of nitrogens with zero attached hydrogens (tertiary/aromatic N) is 3. The average molecular weight is 475 g/mol. The van der Waals surface area contributed by atoms with Gasteiger partial charge >= 0.3 is 5.97 Å². The predicted octanol–water partition coefficient (Wildman–Crippen LogP) is 4.14. The second-order valence-electron chi connectivity index (χ2n) is 5.94. The van der Waals surface area contributed by atoms with Crippen molar-refractivity contribution in [3.05, 3.63) is 80.7 Å². The Labute approximate surface area is 169 Å². The molecule has 2 heterocycles. The van der Waals surface area contributed by atoms with Gasteiger partial charge in [-0.2, -0.15) is 0 Å². The summed E-state index contributed by atoms with van der Waals surface area (Å²) in [6.07, 6.45) is 1.59. The molecule has 0 atom stereocenters. The summed E-state index contributed by atoms with van der Waals surface area (Å²) in [7, 11) is 0. The second kappa shape index (κ2) is 7.22. The molecule has 0 saturated carbocycles. The molecule has 4 rings (SSSR count). The lowest BCUT2D eigenvalue weighted by atomic mass is 10.00. The van der Waals surface area contributed by atoms with E-state index in [0.29, 0.717) is 17.0 Å². The lowest BCUT2D eigenvalue weighted by Gasteiger charge is -2.12. The third-order valence-electron chi connectivity index (χ3n) is 4.32. The maximum atomic E-state index is 14.5. The van der Waals surface area contributed by atoms with Gasteiger partial charge in [0.05, 0.1) is 30.2 Å². The first kappa shape index (κ1) is 17.8. The van der Waals surface area contributed by atoms with Gasteiger partial charge in [-0.15, -0.1) is 0 Å². The standard InChI is InChI=1S/C20H15FIN3O2/c1-2-27-20(26)19-17-10-23-18(13-5-3-4-6-15(13)21)14-9-12(22)7-8-16(14)25(17)11-24-19/h3-9,11H,2,10H2,1H3. The molecule has 1 aliphatic rings. The van der Waals surface area contributed by atoms with Crippen molar-refractivity contribution < 1.29 is 13.9 Å². The number of fused-ring (bicyclic) bond motifs is 3. The highest BCUT2D eigenvalue weighted by Crippen LogP contribution is 2.29.